The average Bonchev–Trinajstić information content (AvgIpc) is 3.32. The van der Waals surface area contributed by atoms with Crippen LogP contribution in [0.15, 0.2) is 48.5 Å². The molecule has 1 unspecified atom stereocenters. The normalized spacial score (nSPS) is 18.5. The Labute approximate surface area is 184 Å². The number of fused-ring (bicyclic) bond motifs is 1. The first-order chi connectivity index (χ1) is 15.5. The highest BCUT2D eigenvalue weighted by atomic mass is 19.1. The minimum atomic E-state index is -0.937. The Bertz CT molecular complexity index is 1000. The first-order valence-corrected chi connectivity index (χ1v) is 10.4. The van der Waals surface area contributed by atoms with Gasteiger partial charge in [0.2, 0.25) is 6.10 Å². The third-order valence-corrected chi connectivity index (χ3v) is 5.71. The number of nitrogens with one attached hydrogen (secondary N) is 2. The van der Waals surface area contributed by atoms with E-state index in [0.29, 0.717) is 29.9 Å². The largest absolute Gasteiger partial charge is 0.485 e. The van der Waals surface area contributed by atoms with Crippen LogP contribution in [-0.4, -0.2) is 37.1 Å². The molecule has 2 aromatic rings. The van der Waals surface area contributed by atoms with Crippen LogP contribution in [0, 0.1) is 5.82 Å². The quantitative estimate of drug-likeness (QED) is 0.544. The summed E-state index contributed by atoms with van der Waals surface area (Å²) in [6, 6.07) is 12.7. The lowest BCUT2D eigenvalue weighted by Crippen LogP contribution is -2.51. The number of para-hydroxylation sites is 2. The number of amides is 2. The van der Waals surface area contributed by atoms with Crippen molar-refractivity contribution in [2.24, 2.45) is 0 Å². The number of hydrazine groups is 1. The number of ether oxygens (including phenoxy) is 3. The summed E-state index contributed by atoms with van der Waals surface area (Å²) < 4.78 is 29.6. The summed E-state index contributed by atoms with van der Waals surface area (Å²) in [5, 5.41) is 0. The van der Waals surface area contributed by atoms with Gasteiger partial charge in [0, 0.05) is 0 Å². The van der Waals surface area contributed by atoms with Gasteiger partial charge in [-0.05, 0) is 42.7 Å². The van der Waals surface area contributed by atoms with Crippen molar-refractivity contribution in [1.82, 2.24) is 10.9 Å². The zero-order valence-corrected chi connectivity index (χ0v) is 17.3. The predicted molar refractivity (Wildman–Crippen MR) is 110 cm³/mol. The van der Waals surface area contributed by atoms with E-state index in [-0.39, 0.29) is 12.4 Å². The Morgan fingerprint density at radius 3 is 2.41 bits per heavy atom. The second-order valence-corrected chi connectivity index (χ2v) is 7.77. The van der Waals surface area contributed by atoms with E-state index in [2.05, 4.69) is 10.9 Å². The maximum absolute atomic E-state index is 13.3. The molecule has 1 aliphatic carbocycles. The second kappa shape index (κ2) is 9.25. The van der Waals surface area contributed by atoms with Gasteiger partial charge in [0.05, 0.1) is 5.41 Å². The van der Waals surface area contributed by atoms with Gasteiger partial charge in [0.25, 0.3) is 11.8 Å². The summed E-state index contributed by atoms with van der Waals surface area (Å²) in [5.41, 5.74) is 4.24. The zero-order chi connectivity index (χ0) is 22.6. The van der Waals surface area contributed by atoms with Crippen molar-refractivity contribution in [2.45, 2.75) is 37.2 Å². The summed E-state index contributed by atoms with van der Waals surface area (Å²) in [6.45, 7) is -0.569. The van der Waals surface area contributed by atoms with Crippen LogP contribution in [0.5, 0.6) is 11.5 Å². The van der Waals surface area contributed by atoms with Gasteiger partial charge in [0.15, 0.2) is 18.1 Å². The van der Waals surface area contributed by atoms with Gasteiger partial charge < -0.3 is 14.2 Å². The lowest BCUT2D eigenvalue weighted by atomic mass is 9.79. The van der Waals surface area contributed by atoms with Crippen LogP contribution >= 0.6 is 0 Å². The predicted octanol–water partition coefficient (Wildman–Crippen LogP) is 2.17. The topological polar surface area (TPSA) is 103 Å². The Morgan fingerprint density at radius 1 is 1.00 bits per heavy atom. The van der Waals surface area contributed by atoms with Crippen molar-refractivity contribution >= 4 is 17.8 Å². The lowest BCUT2D eigenvalue weighted by molar-refractivity contribution is -0.154. The van der Waals surface area contributed by atoms with Gasteiger partial charge in [-0.25, -0.2) is 4.39 Å². The Kier molecular flexibility index (Phi) is 6.25. The molecule has 0 aromatic heterocycles. The van der Waals surface area contributed by atoms with Crippen LogP contribution < -0.4 is 20.3 Å². The van der Waals surface area contributed by atoms with Crippen molar-refractivity contribution in [2.75, 3.05) is 13.2 Å². The molecule has 2 aliphatic rings. The molecule has 2 aromatic carbocycles. The van der Waals surface area contributed by atoms with E-state index < -0.39 is 35.9 Å². The SMILES string of the molecule is O=C(COC(=O)C1(c2ccc(F)cc2)CCCC1)NNC(=O)C1COc2ccccc2O1. The monoisotopic (exact) mass is 442 g/mol. The third kappa shape index (κ3) is 4.51. The van der Waals surface area contributed by atoms with Crippen LogP contribution in [0.2, 0.25) is 0 Å². The fourth-order valence-corrected chi connectivity index (χ4v) is 4.02. The van der Waals surface area contributed by atoms with Gasteiger partial charge >= 0.3 is 5.97 Å². The molecule has 32 heavy (non-hydrogen) atoms. The fraction of sp³-hybridized carbons (Fsp3) is 0.348. The molecule has 0 saturated heterocycles. The van der Waals surface area contributed by atoms with E-state index in [4.69, 9.17) is 14.2 Å². The number of hydrogen-bond acceptors (Lipinski definition) is 6. The third-order valence-electron chi connectivity index (χ3n) is 5.71. The number of carbonyl (C=O) groups excluding carboxylic acids is 3. The van der Waals surface area contributed by atoms with Crippen molar-refractivity contribution in [3.05, 3.63) is 59.9 Å². The highest BCUT2D eigenvalue weighted by Crippen LogP contribution is 2.42. The number of benzene rings is 2. The summed E-state index contributed by atoms with van der Waals surface area (Å²) >= 11 is 0. The average molecular weight is 442 g/mol. The number of halogens is 1. The molecule has 2 N–H and O–H groups in total. The smallest absolute Gasteiger partial charge is 0.317 e. The summed E-state index contributed by atoms with van der Waals surface area (Å²) in [6.07, 6.45) is 1.86. The molecule has 1 fully saturated rings. The molecule has 0 spiro atoms. The maximum Gasteiger partial charge on any atom is 0.317 e. The van der Waals surface area contributed by atoms with Gasteiger partial charge in [0.1, 0.15) is 12.4 Å². The molecule has 0 radical (unpaired) electrons. The van der Waals surface area contributed by atoms with E-state index in [1.54, 1.807) is 36.4 Å². The van der Waals surface area contributed by atoms with E-state index in [9.17, 15) is 18.8 Å². The van der Waals surface area contributed by atoms with Crippen LogP contribution in [0.4, 0.5) is 4.39 Å². The Balaban J connectivity index is 1.27. The summed E-state index contributed by atoms with van der Waals surface area (Å²) in [7, 11) is 0. The molecule has 1 aliphatic heterocycles. The maximum atomic E-state index is 13.3. The standard InChI is InChI=1S/C23H23FN2O6/c24-16-9-7-15(8-10-16)23(11-3-4-12-23)22(29)31-14-20(27)25-26-21(28)19-13-30-17-5-1-2-6-18(17)32-19/h1-2,5-10,19H,3-4,11-14H2,(H,25,27)(H,26,28). The molecule has 168 valence electrons. The molecule has 1 atom stereocenters. The first kappa shape index (κ1) is 21.6. The van der Waals surface area contributed by atoms with Crippen molar-refractivity contribution in [1.29, 1.82) is 0 Å². The number of esters is 1. The number of hydrogen-bond donors (Lipinski definition) is 2. The molecular formula is C23H23FN2O6. The number of rotatable bonds is 5. The minimum absolute atomic E-state index is 0.00606. The van der Waals surface area contributed by atoms with Crippen LogP contribution in [0.1, 0.15) is 31.2 Å². The Morgan fingerprint density at radius 2 is 1.69 bits per heavy atom. The molecule has 2 amide bonds. The van der Waals surface area contributed by atoms with E-state index in [1.807, 2.05) is 0 Å². The minimum Gasteiger partial charge on any atom is -0.485 e. The van der Waals surface area contributed by atoms with Crippen molar-refractivity contribution < 1.29 is 33.0 Å². The van der Waals surface area contributed by atoms with Gasteiger partial charge in [-0.2, -0.15) is 0 Å². The molecule has 1 saturated carbocycles. The second-order valence-electron chi connectivity index (χ2n) is 7.77. The highest BCUT2D eigenvalue weighted by molar-refractivity contribution is 5.88. The molecular weight excluding hydrogens is 419 g/mol. The number of carbonyl (C=O) groups is 3. The van der Waals surface area contributed by atoms with Gasteiger partial charge in [-0.3, -0.25) is 25.2 Å². The van der Waals surface area contributed by atoms with Crippen LogP contribution in [-0.2, 0) is 24.5 Å². The zero-order valence-electron chi connectivity index (χ0n) is 17.3. The lowest BCUT2D eigenvalue weighted by Gasteiger charge is -2.27. The van der Waals surface area contributed by atoms with Crippen molar-refractivity contribution in [3.8, 4) is 11.5 Å². The molecule has 1 heterocycles. The fourth-order valence-electron chi connectivity index (χ4n) is 4.02. The molecule has 0 bridgehead atoms. The highest BCUT2D eigenvalue weighted by Gasteiger charge is 2.44. The molecule has 9 heteroatoms. The van der Waals surface area contributed by atoms with Crippen LogP contribution in [0.3, 0.4) is 0 Å². The Hall–Kier alpha value is -3.62. The molecule has 8 nitrogen and oxygen atoms in total. The van der Waals surface area contributed by atoms with E-state index in [0.717, 1.165) is 12.8 Å². The summed E-state index contributed by atoms with van der Waals surface area (Å²) in [4.78, 5) is 37.2. The molecule has 4 rings (SSSR count). The van der Waals surface area contributed by atoms with E-state index in [1.165, 1.54) is 12.1 Å². The summed E-state index contributed by atoms with van der Waals surface area (Å²) in [5.74, 6) is -1.25. The van der Waals surface area contributed by atoms with Crippen molar-refractivity contribution in [3.63, 3.8) is 0 Å². The first-order valence-electron chi connectivity index (χ1n) is 10.4. The van der Waals surface area contributed by atoms with E-state index >= 15 is 0 Å². The van der Waals surface area contributed by atoms with Gasteiger partial charge in [-0.15, -0.1) is 0 Å². The van der Waals surface area contributed by atoms with Gasteiger partial charge in [-0.1, -0.05) is 37.1 Å². The van der Waals surface area contributed by atoms with Crippen LogP contribution in [0.25, 0.3) is 0 Å².